The standard InChI is InChI=1S/C34H68N4O10S.4ClH/c1-2-3-4-5-6-7-8-9-10-11-12-13-14-15-16-49-19-23-25(39)24(38)27(41)33(46-23)47-31-20(36)17-21(37)32(30(31)44)48-34-29(43)28(42)26(40)22(18-35)45-34;;;;/h20-34,39-44H,2-19,35-38H2,1H3;4*1H/t20-,21+,22-,23-,24+,25-,26-,27-,28+,29-,30-,31+,32-,33-,34-;;;;/m1..../s1. The van der Waals surface area contributed by atoms with Crippen LogP contribution in [-0.2, 0) is 18.9 Å². The molecule has 2 heterocycles. The Hall–Kier alpha value is 0.950. The van der Waals surface area contributed by atoms with Gasteiger partial charge in [-0.1, -0.05) is 90.4 Å². The molecule has 0 radical (unpaired) electrons. The third kappa shape index (κ3) is 17.4. The van der Waals surface area contributed by atoms with Crippen LogP contribution in [0.25, 0.3) is 0 Å². The number of halogens is 4. The highest BCUT2D eigenvalue weighted by Gasteiger charge is 2.51. The Labute approximate surface area is 345 Å². The lowest BCUT2D eigenvalue weighted by atomic mass is 9.84. The van der Waals surface area contributed by atoms with E-state index in [0.29, 0.717) is 5.75 Å². The predicted octanol–water partition coefficient (Wildman–Crippen LogP) is 1.62. The molecule has 0 spiro atoms. The average molecular weight is 871 g/mol. The molecule has 19 heteroatoms. The predicted molar refractivity (Wildman–Crippen MR) is 217 cm³/mol. The van der Waals surface area contributed by atoms with E-state index in [1.54, 1.807) is 11.8 Å². The first-order valence-electron chi connectivity index (χ1n) is 18.8. The van der Waals surface area contributed by atoms with Crippen molar-refractivity contribution in [2.45, 2.75) is 195 Å². The Bertz CT molecular complexity index is 907. The maximum absolute atomic E-state index is 11.3. The highest BCUT2D eigenvalue weighted by molar-refractivity contribution is 7.99. The van der Waals surface area contributed by atoms with E-state index < -0.39 is 91.7 Å². The molecular weight excluding hydrogens is 798 g/mol. The van der Waals surface area contributed by atoms with E-state index >= 15 is 0 Å². The summed E-state index contributed by atoms with van der Waals surface area (Å²) >= 11 is 1.65. The van der Waals surface area contributed by atoms with Crippen LogP contribution in [0.15, 0.2) is 0 Å². The van der Waals surface area contributed by atoms with Gasteiger partial charge in [0, 0.05) is 24.4 Å². The lowest BCUT2D eigenvalue weighted by Crippen LogP contribution is -2.68. The van der Waals surface area contributed by atoms with E-state index in [-0.39, 0.29) is 62.6 Å². The quantitative estimate of drug-likeness (QED) is 0.0694. The molecule has 1 aliphatic carbocycles. The summed E-state index contributed by atoms with van der Waals surface area (Å²) < 4.78 is 23.4. The number of unbranched alkanes of at least 4 members (excludes halogenated alkanes) is 13. The van der Waals surface area contributed by atoms with Gasteiger partial charge in [-0.25, -0.2) is 0 Å². The van der Waals surface area contributed by atoms with Gasteiger partial charge < -0.3 is 72.5 Å². The van der Waals surface area contributed by atoms with Gasteiger partial charge in [0.25, 0.3) is 0 Å². The molecule has 14 N–H and O–H groups in total. The molecule has 1 saturated carbocycles. The lowest BCUT2D eigenvalue weighted by Gasteiger charge is -2.48. The Morgan fingerprint density at radius 3 is 1.45 bits per heavy atom. The van der Waals surface area contributed by atoms with Crippen molar-refractivity contribution < 1.29 is 49.6 Å². The molecular formula is C34H72Cl4N4O10S. The molecule has 14 nitrogen and oxygen atoms in total. The fourth-order valence-corrected chi connectivity index (χ4v) is 8.07. The topological polar surface area (TPSA) is 262 Å². The van der Waals surface area contributed by atoms with E-state index in [2.05, 4.69) is 6.92 Å². The van der Waals surface area contributed by atoms with E-state index in [1.165, 1.54) is 77.0 Å². The zero-order chi connectivity index (χ0) is 35.9. The van der Waals surface area contributed by atoms with Crippen molar-refractivity contribution in [3.63, 3.8) is 0 Å². The number of aliphatic hydroxyl groups is 6. The van der Waals surface area contributed by atoms with E-state index in [0.717, 1.165) is 18.6 Å². The minimum Gasteiger partial charge on any atom is -0.389 e. The molecule has 0 unspecified atom stereocenters. The first-order valence-corrected chi connectivity index (χ1v) is 19.9. The molecule has 0 aromatic heterocycles. The fraction of sp³-hybridized carbons (Fsp3) is 1.00. The number of thioether (sulfide) groups is 1. The lowest BCUT2D eigenvalue weighted by molar-refractivity contribution is -0.330. The first-order chi connectivity index (χ1) is 23.5. The summed E-state index contributed by atoms with van der Waals surface area (Å²) in [5.41, 5.74) is 24.4. The molecule has 3 fully saturated rings. The van der Waals surface area contributed by atoms with Crippen molar-refractivity contribution in [2.24, 2.45) is 22.9 Å². The van der Waals surface area contributed by atoms with Crippen LogP contribution < -0.4 is 22.9 Å². The van der Waals surface area contributed by atoms with Gasteiger partial charge >= 0.3 is 0 Å². The summed E-state index contributed by atoms with van der Waals surface area (Å²) in [5, 5.41) is 63.7. The Morgan fingerprint density at radius 1 is 0.547 bits per heavy atom. The summed E-state index contributed by atoms with van der Waals surface area (Å²) in [5.74, 6) is 1.35. The summed E-state index contributed by atoms with van der Waals surface area (Å²) in [6.07, 6.45) is 2.92. The Morgan fingerprint density at radius 2 is 0.981 bits per heavy atom. The summed E-state index contributed by atoms with van der Waals surface area (Å²) in [4.78, 5) is 0. The Kier molecular flexibility index (Phi) is 31.8. The zero-order valence-electron chi connectivity index (χ0n) is 31.1. The molecule has 2 saturated heterocycles. The Balaban J connectivity index is 0. The van der Waals surface area contributed by atoms with Gasteiger partial charge in [0.2, 0.25) is 0 Å². The number of aliphatic hydroxyl groups excluding tert-OH is 6. The maximum atomic E-state index is 11.3. The second-order valence-corrected chi connectivity index (χ2v) is 15.4. The normalized spacial score (nSPS) is 37.1. The van der Waals surface area contributed by atoms with Gasteiger partial charge in [0.05, 0.1) is 18.2 Å². The van der Waals surface area contributed by atoms with Crippen LogP contribution >= 0.6 is 61.4 Å². The van der Waals surface area contributed by atoms with Gasteiger partial charge in [-0.05, 0) is 18.6 Å². The van der Waals surface area contributed by atoms with Crippen molar-refractivity contribution in [1.82, 2.24) is 0 Å². The monoisotopic (exact) mass is 868 g/mol. The van der Waals surface area contributed by atoms with Crippen LogP contribution in [0.2, 0.25) is 0 Å². The van der Waals surface area contributed by atoms with Crippen LogP contribution in [0.3, 0.4) is 0 Å². The van der Waals surface area contributed by atoms with Crippen molar-refractivity contribution in [3.05, 3.63) is 0 Å². The van der Waals surface area contributed by atoms with Crippen LogP contribution in [-0.4, -0.2) is 140 Å². The highest BCUT2D eigenvalue weighted by Crippen LogP contribution is 2.32. The molecule has 53 heavy (non-hydrogen) atoms. The van der Waals surface area contributed by atoms with Crippen molar-refractivity contribution >= 4 is 61.4 Å². The van der Waals surface area contributed by atoms with Crippen molar-refractivity contribution in [2.75, 3.05) is 18.1 Å². The summed E-state index contributed by atoms with van der Waals surface area (Å²) in [6.45, 7) is 2.10. The van der Waals surface area contributed by atoms with Crippen LogP contribution in [0, 0.1) is 0 Å². The number of hydrogen-bond acceptors (Lipinski definition) is 15. The molecule has 0 aromatic carbocycles. The molecule has 0 aromatic rings. The third-order valence-corrected chi connectivity index (χ3v) is 11.4. The SMILES string of the molecule is CCCCCCCCCCCCCCCCSC[C@H]1O[C@H](O[C@@H]2[C@@H](O)[C@H](O[C@H]3O[C@H](CN)[C@@H](O)[C@H](O)[C@H]3O)[C@@H](N)C[C@H]2N)[C@H](O)[C@@H](N)[C@@H]1O.Cl.Cl.Cl.Cl. The van der Waals surface area contributed by atoms with Crippen molar-refractivity contribution in [1.29, 1.82) is 0 Å². The number of rotatable bonds is 22. The largest absolute Gasteiger partial charge is 0.389 e. The van der Waals surface area contributed by atoms with Crippen LogP contribution in [0.4, 0.5) is 0 Å². The average Bonchev–Trinajstić information content (AvgIpc) is 3.08. The van der Waals surface area contributed by atoms with Crippen LogP contribution in [0.1, 0.15) is 103 Å². The molecule has 0 amide bonds. The smallest absolute Gasteiger partial charge is 0.187 e. The highest BCUT2D eigenvalue weighted by atomic mass is 35.5. The third-order valence-electron chi connectivity index (χ3n) is 10.2. The number of nitrogens with two attached hydrogens (primary N) is 4. The van der Waals surface area contributed by atoms with E-state index in [1.807, 2.05) is 0 Å². The molecule has 3 rings (SSSR count). The minimum atomic E-state index is -1.64. The minimum absolute atomic E-state index is 0. The maximum Gasteiger partial charge on any atom is 0.187 e. The van der Waals surface area contributed by atoms with Crippen LogP contribution in [0.5, 0.6) is 0 Å². The molecule has 322 valence electrons. The summed E-state index contributed by atoms with van der Waals surface area (Å²) in [6, 6.07) is -2.64. The molecule has 3 aliphatic rings. The van der Waals surface area contributed by atoms with E-state index in [4.69, 9.17) is 41.9 Å². The van der Waals surface area contributed by atoms with Gasteiger partial charge in [-0.3, -0.25) is 0 Å². The van der Waals surface area contributed by atoms with Gasteiger partial charge in [-0.15, -0.1) is 49.6 Å². The first kappa shape index (κ1) is 56.0. The van der Waals surface area contributed by atoms with Gasteiger partial charge in [0.1, 0.15) is 48.8 Å². The van der Waals surface area contributed by atoms with Crippen molar-refractivity contribution in [3.8, 4) is 0 Å². The molecule has 0 bridgehead atoms. The number of ether oxygens (including phenoxy) is 4. The summed E-state index contributed by atoms with van der Waals surface area (Å²) in [7, 11) is 0. The van der Waals surface area contributed by atoms with E-state index in [9.17, 15) is 30.6 Å². The number of hydrogen-bond donors (Lipinski definition) is 10. The second kappa shape index (κ2) is 30.1. The van der Waals surface area contributed by atoms with Gasteiger partial charge in [0.15, 0.2) is 12.6 Å². The second-order valence-electron chi connectivity index (χ2n) is 14.3. The zero-order valence-corrected chi connectivity index (χ0v) is 35.1. The molecule has 2 aliphatic heterocycles. The fourth-order valence-electron chi connectivity index (χ4n) is 6.99. The molecule has 15 atom stereocenters. The van der Waals surface area contributed by atoms with Gasteiger partial charge in [-0.2, -0.15) is 11.8 Å².